The standard InChI is InChI=1S/10Ar. The smallest absolute Gasteiger partial charge is 0 e. The van der Waals surface area contributed by atoms with Gasteiger partial charge in [-0.15, -0.1) is 0 Å². The minimum Gasteiger partial charge on any atom is 0 e. The van der Waals surface area contributed by atoms with Crippen LogP contribution in [0.25, 0.3) is 0 Å². The third-order valence-corrected chi connectivity index (χ3v) is 0. The van der Waals surface area contributed by atoms with Gasteiger partial charge in [0.15, 0.2) is 0 Å². The molecular weight excluding hydrogens is 399 g/mol. The molecule has 0 aromatic carbocycles. The van der Waals surface area contributed by atoms with Crippen LogP contribution in [-0.2, 0) is 0 Å². The van der Waals surface area contributed by atoms with Gasteiger partial charge in [0.05, 0.1) is 0 Å². The molecule has 0 aromatic heterocycles. The minimum atomic E-state index is 0. The summed E-state index contributed by atoms with van der Waals surface area (Å²) in [6, 6.07) is 0. The predicted octanol–water partition coefficient (Wildman–Crippen LogP) is 0. The van der Waals surface area contributed by atoms with Crippen molar-refractivity contribution in [2.24, 2.45) is 0 Å². The van der Waals surface area contributed by atoms with E-state index in [-0.39, 0.29) is 377 Å². The van der Waals surface area contributed by atoms with Crippen molar-refractivity contribution in [3.8, 4) is 0 Å². The normalized spacial score (nSPS) is 0. The average molecular weight is 399 g/mol. The average Bonchev–Trinajstić information content (AvgIpc) is 0. The van der Waals surface area contributed by atoms with Crippen LogP contribution in [0, 0.1) is 377 Å². The molecule has 80 valence electrons. The van der Waals surface area contributed by atoms with Crippen LogP contribution in [0.5, 0.6) is 0 Å². The van der Waals surface area contributed by atoms with Gasteiger partial charge in [0.1, 0.15) is 0 Å². The Hall–Kier alpha value is 12.6. The van der Waals surface area contributed by atoms with E-state index in [9.17, 15) is 0 Å². The van der Waals surface area contributed by atoms with Gasteiger partial charge in [-0.3, -0.25) is 0 Å². The summed E-state index contributed by atoms with van der Waals surface area (Å²) in [5.41, 5.74) is 0. The van der Waals surface area contributed by atoms with E-state index in [0.717, 1.165) is 0 Å². The van der Waals surface area contributed by atoms with Gasteiger partial charge >= 0.3 is 0 Å². The molecular formula is Ar10. The molecule has 0 nitrogen and oxygen atoms in total. The zero-order chi connectivity index (χ0) is 0. The topological polar surface area (TPSA) is 0 Å². The Morgan fingerprint density at radius 3 is 0.100 bits per heavy atom. The number of hydrogen-bond acceptors (Lipinski definition) is 0. The molecule has 0 saturated heterocycles. The maximum Gasteiger partial charge on any atom is 0 e. The van der Waals surface area contributed by atoms with Crippen LogP contribution in [-0.4, -0.2) is 0 Å². The summed E-state index contributed by atoms with van der Waals surface area (Å²) in [5.74, 6) is 0. The van der Waals surface area contributed by atoms with E-state index in [4.69, 9.17) is 0 Å². The molecule has 0 heterocycles. The van der Waals surface area contributed by atoms with Crippen LogP contribution in [0.2, 0.25) is 0 Å². The van der Waals surface area contributed by atoms with Gasteiger partial charge in [0.25, 0.3) is 0 Å². The predicted molar refractivity (Wildman–Crippen MR) is 0 cm³/mol. The van der Waals surface area contributed by atoms with E-state index in [1.165, 1.54) is 0 Å². The third kappa shape index (κ3) is 49.8. The van der Waals surface area contributed by atoms with Crippen molar-refractivity contribution in [2.45, 2.75) is 0 Å². The summed E-state index contributed by atoms with van der Waals surface area (Å²) in [5, 5.41) is 0. The van der Waals surface area contributed by atoms with Crippen molar-refractivity contribution in [3.63, 3.8) is 0 Å². The zero-order valence-corrected chi connectivity index (χ0v) is 10.6. The van der Waals surface area contributed by atoms with Crippen LogP contribution in [0.15, 0.2) is 0 Å². The first-order valence-electron chi connectivity index (χ1n) is 0. The first kappa shape index (κ1) is 66.4. The summed E-state index contributed by atoms with van der Waals surface area (Å²) >= 11 is 0. The molecule has 0 aliphatic rings. The second-order valence-corrected chi connectivity index (χ2v) is 0. The molecule has 10 heteroatoms. The Labute approximate surface area is 363 Å². The molecule has 0 N–H and O–H groups in total. The molecule has 0 atom stereocenters. The summed E-state index contributed by atoms with van der Waals surface area (Å²) in [6.45, 7) is 0. The maximum atomic E-state index is 0. The van der Waals surface area contributed by atoms with Crippen molar-refractivity contribution in [1.82, 2.24) is 0 Å². The van der Waals surface area contributed by atoms with Crippen molar-refractivity contribution in [2.75, 3.05) is 0 Å². The van der Waals surface area contributed by atoms with E-state index in [0.29, 0.717) is 0 Å². The molecule has 0 bridgehead atoms. The Bertz CT molecular complexity index is 0. The van der Waals surface area contributed by atoms with E-state index in [1.807, 2.05) is 0 Å². The molecule has 0 fully saturated rings. The van der Waals surface area contributed by atoms with E-state index < -0.39 is 0 Å². The van der Waals surface area contributed by atoms with E-state index in [2.05, 4.69) is 0 Å². The first-order chi connectivity index (χ1) is 0. The monoisotopic (exact) mass is 400 g/mol. The van der Waals surface area contributed by atoms with Crippen molar-refractivity contribution >= 4 is 0 Å². The molecule has 0 aliphatic heterocycles. The molecule has 0 aliphatic carbocycles. The molecule has 0 rings (SSSR count). The van der Waals surface area contributed by atoms with Gasteiger partial charge in [0, 0.05) is 377 Å². The molecule has 0 amide bonds. The van der Waals surface area contributed by atoms with Crippen LogP contribution in [0.4, 0.5) is 0 Å². The Balaban J connectivity index is 0. The molecule has 10 heavy (non-hydrogen) atoms. The fourth-order valence-electron chi connectivity index (χ4n) is 0. The summed E-state index contributed by atoms with van der Waals surface area (Å²) < 4.78 is 0. The molecule has 0 unspecified atom stereocenters. The Morgan fingerprint density at radius 1 is 0.100 bits per heavy atom. The second kappa shape index (κ2) is 57.7. The molecule has 0 radical (unpaired) electrons. The minimum absolute atomic E-state index is 0. The third-order valence-electron chi connectivity index (χ3n) is 0. The van der Waals surface area contributed by atoms with Crippen molar-refractivity contribution in [3.05, 3.63) is 0 Å². The van der Waals surface area contributed by atoms with Gasteiger partial charge in [-0.2, -0.15) is 0 Å². The maximum absolute atomic E-state index is 0. The summed E-state index contributed by atoms with van der Waals surface area (Å²) in [7, 11) is 0. The SMILES string of the molecule is [Ar].[Ar].[Ar].[Ar].[Ar].[Ar].[Ar].[Ar].[Ar].[Ar]. The second-order valence-electron chi connectivity index (χ2n) is 0. The quantitative estimate of drug-likeness (QED) is 0.538. The van der Waals surface area contributed by atoms with Crippen LogP contribution in [0.1, 0.15) is 0 Å². The largest absolute Gasteiger partial charge is 0 e. The Kier molecular flexibility index (Phi) is 383. The van der Waals surface area contributed by atoms with Crippen molar-refractivity contribution < 1.29 is 377 Å². The fraction of sp³-hybridized carbons (Fsp3) is 0. The molecule has 0 aromatic rings. The van der Waals surface area contributed by atoms with Gasteiger partial charge in [-0.1, -0.05) is 0 Å². The van der Waals surface area contributed by atoms with E-state index >= 15 is 0 Å². The first-order valence-corrected chi connectivity index (χ1v) is 0. The van der Waals surface area contributed by atoms with Crippen LogP contribution in [0.3, 0.4) is 0 Å². The molecule has 0 saturated carbocycles. The van der Waals surface area contributed by atoms with Crippen molar-refractivity contribution in [1.29, 1.82) is 0 Å². The number of hydrogen-bond donors (Lipinski definition) is 0. The van der Waals surface area contributed by atoms with Crippen LogP contribution >= 0.6 is 0 Å². The van der Waals surface area contributed by atoms with Gasteiger partial charge in [0.2, 0.25) is 0 Å². The van der Waals surface area contributed by atoms with E-state index in [1.54, 1.807) is 0 Å². The number of rotatable bonds is 0. The zero-order valence-electron chi connectivity index (χ0n) is 3.54. The summed E-state index contributed by atoms with van der Waals surface area (Å²) in [4.78, 5) is 0. The summed E-state index contributed by atoms with van der Waals surface area (Å²) in [6.07, 6.45) is 0. The Morgan fingerprint density at radius 2 is 0.100 bits per heavy atom. The van der Waals surface area contributed by atoms with Gasteiger partial charge < -0.3 is 0 Å². The van der Waals surface area contributed by atoms with Crippen LogP contribution < -0.4 is 0 Å². The van der Waals surface area contributed by atoms with Gasteiger partial charge in [-0.05, 0) is 0 Å². The fourth-order valence-corrected chi connectivity index (χ4v) is 0. The van der Waals surface area contributed by atoms with Gasteiger partial charge in [-0.25, -0.2) is 0 Å². The molecule has 0 spiro atoms.